The Morgan fingerprint density at radius 3 is 2.69 bits per heavy atom. The molecule has 2 aromatic carbocycles. The van der Waals surface area contributed by atoms with Gasteiger partial charge in [-0.3, -0.25) is 14.7 Å². The van der Waals surface area contributed by atoms with Crippen molar-refractivity contribution in [2.75, 3.05) is 19.4 Å². The van der Waals surface area contributed by atoms with Gasteiger partial charge in [0.05, 0.1) is 36.4 Å². The summed E-state index contributed by atoms with van der Waals surface area (Å²) < 4.78 is 6.67. The molecule has 3 heterocycles. The van der Waals surface area contributed by atoms with Gasteiger partial charge >= 0.3 is 0 Å². The third-order valence-electron chi connectivity index (χ3n) is 5.62. The van der Waals surface area contributed by atoms with E-state index < -0.39 is 0 Å². The first kappa shape index (κ1) is 20.4. The molecule has 1 amide bonds. The summed E-state index contributed by atoms with van der Waals surface area (Å²) in [6.45, 7) is 0.856. The highest BCUT2D eigenvalue weighted by atomic mass is 32.2. The Hall–Kier alpha value is -3.52. The molecule has 0 saturated carbocycles. The van der Waals surface area contributed by atoms with Crippen LogP contribution in [0.3, 0.4) is 0 Å². The van der Waals surface area contributed by atoms with Crippen molar-refractivity contribution < 1.29 is 9.53 Å². The summed E-state index contributed by atoms with van der Waals surface area (Å²) in [6.07, 6.45) is 0.575. The largest absolute Gasteiger partial charge is 0.497 e. The normalized spacial score (nSPS) is 13.2. The second-order valence-electron chi connectivity index (χ2n) is 7.60. The van der Waals surface area contributed by atoms with Gasteiger partial charge in [-0.25, -0.2) is 9.50 Å². The molecule has 0 atom stereocenters. The zero-order valence-corrected chi connectivity index (χ0v) is 18.4. The van der Waals surface area contributed by atoms with Crippen LogP contribution in [0.4, 0.5) is 0 Å². The highest BCUT2D eigenvalue weighted by Crippen LogP contribution is 2.24. The average molecular weight is 447 g/mol. The maximum absolute atomic E-state index is 13.2. The quantitative estimate of drug-likeness (QED) is 0.476. The number of thioether (sulfide) groups is 1. The molecule has 0 unspecified atom stereocenters. The summed E-state index contributed by atoms with van der Waals surface area (Å²) in [7, 11) is 1.63. The average Bonchev–Trinajstić information content (AvgIpc) is 3.27. The third kappa shape index (κ3) is 3.89. The van der Waals surface area contributed by atoms with Gasteiger partial charge in [-0.2, -0.15) is 0 Å². The molecule has 1 aliphatic rings. The van der Waals surface area contributed by atoms with Crippen LogP contribution in [-0.2, 0) is 17.8 Å². The zero-order chi connectivity index (χ0) is 22.1. The van der Waals surface area contributed by atoms with E-state index in [4.69, 9.17) is 9.72 Å². The highest BCUT2D eigenvalue weighted by molar-refractivity contribution is 8.00. The number of ether oxygens (including phenoxy) is 1. The number of nitrogens with one attached hydrogen (secondary N) is 1. The van der Waals surface area contributed by atoms with Crippen molar-refractivity contribution in [1.82, 2.24) is 19.5 Å². The van der Waals surface area contributed by atoms with Crippen LogP contribution in [-0.4, -0.2) is 44.8 Å². The standard InChI is InChI=1S/C24H22N4O3S/c1-31-17-9-7-16(8-10-17)21-13-22-25-20-11-12-27(14-19(20)24(30)28(22)26-21)23(29)15-32-18-5-3-2-4-6-18/h2-10,13,26H,11-12,14-15H2,1H3. The van der Waals surface area contributed by atoms with Crippen molar-refractivity contribution in [3.63, 3.8) is 0 Å². The molecular weight excluding hydrogens is 424 g/mol. The van der Waals surface area contributed by atoms with Crippen LogP contribution in [0.5, 0.6) is 5.75 Å². The third-order valence-corrected chi connectivity index (χ3v) is 6.62. The maximum atomic E-state index is 13.2. The topological polar surface area (TPSA) is 79.7 Å². The molecule has 0 aliphatic carbocycles. The van der Waals surface area contributed by atoms with Gasteiger partial charge < -0.3 is 9.64 Å². The van der Waals surface area contributed by atoms with Gasteiger partial charge in [-0.05, 0) is 42.0 Å². The van der Waals surface area contributed by atoms with Crippen molar-refractivity contribution in [2.45, 2.75) is 17.9 Å². The van der Waals surface area contributed by atoms with Gasteiger partial charge in [-0.1, -0.05) is 18.2 Å². The number of benzene rings is 2. The fourth-order valence-corrected chi connectivity index (χ4v) is 4.69. The van der Waals surface area contributed by atoms with Gasteiger partial charge in [0.15, 0.2) is 5.65 Å². The molecule has 1 aliphatic heterocycles. The lowest BCUT2D eigenvalue weighted by atomic mass is 10.1. The van der Waals surface area contributed by atoms with Gasteiger partial charge in [0.2, 0.25) is 5.91 Å². The molecule has 1 N–H and O–H groups in total. The predicted molar refractivity (Wildman–Crippen MR) is 124 cm³/mol. The number of fused-ring (bicyclic) bond motifs is 2. The fraction of sp³-hybridized carbons (Fsp3) is 0.208. The van der Waals surface area contributed by atoms with E-state index in [2.05, 4.69) is 5.10 Å². The Morgan fingerprint density at radius 2 is 1.94 bits per heavy atom. The minimum absolute atomic E-state index is 0.0272. The van der Waals surface area contributed by atoms with Gasteiger partial charge in [-0.15, -0.1) is 11.8 Å². The van der Waals surface area contributed by atoms with E-state index in [9.17, 15) is 9.59 Å². The van der Waals surface area contributed by atoms with E-state index in [1.807, 2.05) is 60.7 Å². The lowest BCUT2D eigenvalue weighted by Gasteiger charge is -2.27. The summed E-state index contributed by atoms with van der Waals surface area (Å²) in [5, 5.41) is 3.15. The number of H-pyrrole nitrogens is 1. The smallest absolute Gasteiger partial charge is 0.277 e. The van der Waals surface area contributed by atoms with Crippen molar-refractivity contribution >= 4 is 23.3 Å². The highest BCUT2D eigenvalue weighted by Gasteiger charge is 2.25. The van der Waals surface area contributed by atoms with Crippen LogP contribution >= 0.6 is 11.8 Å². The van der Waals surface area contributed by atoms with E-state index >= 15 is 0 Å². The molecular formula is C24H22N4O3S. The minimum atomic E-state index is -0.155. The molecule has 0 spiro atoms. The Bertz CT molecular complexity index is 1330. The number of aromatic nitrogens is 3. The number of methoxy groups -OCH3 is 1. The second kappa shape index (κ2) is 8.55. The van der Waals surface area contributed by atoms with E-state index in [1.54, 1.807) is 12.0 Å². The number of carbonyl (C=O) groups is 1. The number of hydrogen-bond donors (Lipinski definition) is 1. The maximum Gasteiger partial charge on any atom is 0.277 e. The molecule has 0 saturated heterocycles. The van der Waals surface area contributed by atoms with E-state index in [0.29, 0.717) is 29.9 Å². The van der Waals surface area contributed by atoms with Crippen LogP contribution in [0, 0.1) is 0 Å². The molecule has 7 nitrogen and oxygen atoms in total. The Labute approximate surface area is 189 Å². The van der Waals surface area contributed by atoms with Crippen LogP contribution in [0.1, 0.15) is 11.3 Å². The monoisotopic (exact) mass is 446 g/mol. The van der Waals surface area contributed by atoms with Crippen molar-refractivity contribution in [2.24, 2.45) is 0 Å². The second-order valence-corrected chi connectivity index (χ2v) is 8.65. The molecule has 2 aromatic heterocycles. The number of amides is 1. The molecule has 4 aromatic rings. The number of rotatable bonds is 5. The molecule has 0 bridgehead atoms. The summed E-state index contributed by atoms with van der Waals surface area (Å²) in [4.78, 5) is 33.5. The first-order valence-electron chi connectivity index (χ1n) is 10.4. The number of carbonyl (C=O) groups excluding carboxylic acids is 1. The summed E-state index contributed by atoms with van der Waals surface area (Å²) in [5.74, 6) is 1.14. The van der Waals surface area contributed by atoms with E-state index in [-0.39, 0.29) is 18.0 Å². The van der Waals surface area contributed by atoms with Crippen LogP contribution < -0.4 is 10.3 Å². The summed E-state index contributed by atoms with van der Waals surface area (Å²) >= 11 is 1.51. The zero-order valence-electron chi connectivity index (χ0n) is 17.6. The van der Waals surface area contributed by atoms with Gasteiger partial charge in [0.25, 0.3) is 5.56 Å². The first-order valence-corrected chi connectivity index (χ1v) is 11.3. The van der Waals surface area contributed by atoms with Crippen LogP contribution in [0.25, 0.3) is 16.9 Å². The molecule has 0 fully saturated rings. The first-order chi connectivity index (χ1) is 15.6. The lowest BCUT2D eigenvalue weighted by molar-refractivity contribution is -0.129. The number of aromatic amines is 1. The number of nitrogens with zero attached hydrogens (tertiary/aromatic N) is 3. The molecule has 0 radical (unpaired) electrons. The van der Waals surface area contributed by atoms with Crippen molar-refractivity contribution in [3.8, 4) is 17.0 Å². The van der Waals surface area contributed by atoms with Crippen LogP contribution in [0.2, 0.25) is 0 Å². The molecule has 8 heteroatoms. The predicted octanol–water partition coefficient (Wildman–Crippen LogP) is 3.38. The van der Waals surface area contributed by atoms with E-state index in [1.165, 1.54) is 16.3 Å². The van der Waals surface area contributed by atoms with Gasteiger partial charge in [0.1, 0.15) is 5.75 Å². The minimum Gasteiger partial charge on any atom is -0.497 e. The van der Waals surface area contributed by atoms with Gasteiger partial charge in [0, 0.05) is 23.9 Å². The molecule has 32 heavy (non-hydrogen) atoms. The van der Waals surface area contributed by atoms with Crippen LogP contribution in [0.15, 0.2) is 70.4 Å². The fourth-order valence-electron chi connectivity index (χ4n) is 3.87. The summed E-state index contributed by atoms with van der Waals surface area (Å²) in [6, 6.07) is 19.3. The van der Waals surface area contributed by atoms with Crippen molar-refractivity contribution in [1.29, 1.82) is 0 Å². The Kier molecular flexibility index (Phi) is 5.45. The number of hydrogen-bond acceptors (Lipinski definition) is 5. The summed E-state index contributed by atoms with van der Waals surface area (Å²) in [5.41, 5.74) is 3.51. The lowest BCUT2D eigenvalue weighted by Crippen LogP contribution is -2.41. The SMILES string of the molecule is COc1ccc(-c2cc3nc4c(c(=O)n3[nH]2)CN(C(=O)CSc2ccccc2)CC4)cc1. The van der Waals surface area contributed by atoms with E-state index in [0.717, 1.165) is 27.6 Å². The van der Waals surface area contributed by atoms with Crippen molar-refractivity contribution in [3.05, 3.63) is 82.3 Å². The Morgan fingerprint density at radius 1 is 1.16 bits per heavy atom. The Balaban J connectivity index is 1.38. The molecule has 162 valence electrons. The molecule has 5 rings (SSSR count).